The van der Waals surface area contributed by atoms with E-state index in [4.69, 9.17) is 0 Å². The molecule has 0 heterocycles. The quantitative estimate of drug-likeness (QED) is 0.353. The van der Waals surface area contributed by atoms with Gasteiger partial charge >= 0.3 is 103 Å². The van der Waals surface area contributed by atoms with Gasteiger partial charge in [0, 0.05) is 0 Å². The first-order valence-electron chi connectivity index (χ1n) is 0. The predicted molar refractivity (Wildman–Crippen MR) is 36.6 cm³/mol. The molecule has 8 N–H and O–H groups in total. The van der Waals surface area contributed by atoms with Crippen LogP contribution in [0.5, 0.6) is 0 Å². The minimum atomic E-state index is 0. The molecule has 4 nitrogen and oxygen atoms in total. The Morgan fingerprint density at radius 3 is 0.500 bits per heavy atom. The molecular weight excluding hydrogens is 196 g/mol. The van der Waals surface area contributed by atoms with Gasteiger partial charge in [-0.1, -0.05) is 0 Å². The second-order valence-corrected chi connectivity index (χ2v) is 0. The van der Waals surface area contributed by atoms with E-state index < -0.39 is 0 Å². The first-order valence-corrected chi connectivity index (χ1v) is 0. The van der Waals surface area contributed by atoms with Crippen molar-refractivity contribution in [3.05, 3.63) is 0 Å². The normalized spacial score (nSPS) is 0. The molecule has 0 spiro atoms. The summed E-state index contributed by atoms with van der Waals surface area (Å²) in [5, 5.41) is 0. The number of rotatable bonds is 0. The SMILES string of the molecule is O.O.O.O.[AlH3].[AlH3].[H-].[H-].[K+].[K+]. The van der Waals surface area contributed by atoms with E-state index in [0.717, 1.165) is 0 Å². The Bertz CT molecular complexity index is 19.2. The zero-order valence-electron chi connectivity index (χ0n) is 6.00. The first-order chi connectivity index (χ1) is 0. The maximum absolute atomic E-state index is 0. The molecule has 0 radical (unpaired) electrons. The van der Waals surface area contributed by atoms with E-state index in [2.05, 4.69) is 0 Å². The third kappa shape index (κ3) is 49.1. The molecule has 0 unspecified atom stereocenters. The third-order valence-corrected chi connectivity index (χ3v) is 0. The van der Waals surface area contributed by atoms with Crippen molar-refractivity contribution >= 4 is 34.7 Å². The van der Waals surface area contributed by atoms with Crippen LogP contribution in [0.2, 0.25) is 0 Å². The van der Waals surface area contributed by atoms with E-state index in [1.165, 1.54) is 0 Å². The van der Waals surface area contributed by atoms with Gasteiger partial charge in [0.1, 0.15) is 0 Å². The van der Waals surface area contributed by atoms with Crippen LogP contribution in [-0.2, 0) is 0 Å². The Balaban J connectivity index is 0. The fourth-order valence-electron chi connectivity index (χ4n) is 0. The van der Waals surface area contributed by atoms with Gasteiger partial charge < -0.3 is 24.8 Å². The maximum Gasteiger partial charge on any atom is 1.00 e. The van der Waals surface area contributed by atoms with Gasteiger partial charge in [0.25, 0.3) is 0 Å². The Hall–Kier alpha value is 4.18. The van der Waals surface area contributed by atoms with Crippen LogP contribution in [0.25, 0.3) is 0 Å². The van der Waals surface area contributed by atoms with E-state index >= 15 is 0 Å². The monoisotopic (exact) mass is 212 g/mol. The van der Waals surface area contributed by atoms with E-state index in [1.54, 1.807) is 0 Å². The zero-order valence-corrected chi connectivity index (χ0v) is 10.2. The summed E-state index contributed by atoms with van der Waals surface area (Å²) < 4.78 is 0. The topological polar surface area (TPSA) is 126 Å². The average molecular weight is 212 g/mol. The maximum atomic E-state index is 0. The van der Waals surface area contributed by atoms with Gasteiger partial charge in [0.15, 0.2) is 34.7 Å². The molecule has 0 aromatic rings. The van der Waals surface area contributed by atoms with Crippen molar-refractivity contribution < 1.29 is 128 Å². The summed E-state index contributed by atoms with van der Waals surface area (Å²) in [6, 6.07) is 0. The standard InChI is InChI=1S/2Al.2K.4H2O.8H/h;;;;4*1H2;;;;;;;;/q;;2*+1;;;;;;;;;;;2*-1. The van der Waals surface area contributed by atoms with Gasteiger partial charge in [-0.25, -0.2) is 0 Å². The number of hydrogen-bond acceptors (Lipinski definition) is 0. The minimum Gasteiger partial charge on any atom is -1.00 e. The molecule has 0 aliphatic carbocycles. The Kier molecular flexibility index (Phi) is 723. The van der Waals surface area contributed by atoms with Crippen molar-refractivity contribution in [1.82, 2.24) is 0 Å². The van der Waals surface area contributed by atoms with E-state index in [9.17, 15) is 0 Å². The van der Waals surface area contributed by atoms with Crippen molar-refractivity contribution in [2.45, 2.75) is 0 Å². The molecule has 0 amide bonds. The molecule has 48 valence electrons. The van der Waals surface area contributed by atoms with E-state index in [-0.39, 0.29) is 162 Å². The van der Waals surface area contributed by atoms with Crippen LogP contribution in [-0.4, -0.2) is 56.6 Å². The minimum absolute atomic E-state index is 0. The van der Waals surface area contributed by atoms with Gasteiger partial charge in [0.2, 0.25) is 0 Å². The van der Waals surface area contributed by atoms with Crippen LogP contribution < -0.4 is 103 Å². The molecule has 8 heteroatoms. The predicted octanol–water partition coefficient (Wildman–Crippen LogP) is -11.4. The molecule has 0 saturated carbocycles. The van der Waals surface area contributed by atoms with Crippen molar-refractivity contribution in [3.8, 4) is 0 Å². The third-order valence-electron chi connectivity index (χ3n) is 0. The molecule has 0 aliphatic heterocycles. The van der Waals surface area contributed by atoms with E-state index in [1.807, 2.05) is 0 Å². The molecule has 0 bridgehead atoms. The summed E-state index contributed by atoms with van der Waals surface area (Å²) >= 11 is 0. The van der Waals surface area contributed by atoms with Gasteiger partial charge in [-0.15, -0.1) is 0 Å². The smallest absolute Gasteiger partial charge is 1.00 e. The fraction of sp³-hybridized carbons (Fsp3) is 0. The van der Waals surface area contributed by atoms with Crippen LogP contribution in [0.15, 0.2) is 0 Å². The largest absolute Gasteiger partial charge is 1.00 e. The van der Waals surface area contributed by atoms with Crippen LogP contribution in [0, 0.1) is 0 Å². The molecule has 0 saturated heterocycles. The van der Waals surface area contributed by atoms with Crippen molar-refractivity contribution in [1.29, 1.82) is 0 Å². The first kappa shape index (κ1) is 87.2. The van der Waals surface area contributed by atoms with Crippen molar-refractivity contribution in [3.63, 3.8) is 0 Å². The van der Waals surface area contributed by atoms with Crippen LogP contribution >= 0.6 is 0 Å². The summed E-state index contributed by atoms with van der Waals surface area (Å²) in [7, 11) is 0. The summed E-state index contributed by atoms with van der Waals surface area (Å²) in [6.07, 6.45) is 0. The summed E-state index contributed by atoms with van der Waals surface area (Å²) in [6.45, 7) is 0. The van der Waals surface area contributed by atoms with Crippen molar-refractivity contribution in [2.24, 2.45) is 0 Å². The second kappa shape index (κ2) is 66.3. The molecular formula is H16Al2K2O4. The van der Waals surface area contributed by atoms with Crippen molar-refractivity contribution in [2.75, 3.05) is 0 Å². The van der Waals surface area contributed by atoms with Crippen LogP contribution in [0.4, 0.5) is 0 Å². The summed E-state index contributed by atoms with van der Waals surface area (Å²) in [5.41, 5.74) is 0. The molecule has 0 aromatic carbocycles. The van der Waals surface area contributed by atoms with E-state index in [0.29, 0.717) is 0 Å². The molecule has 0 aromatic heterocycles. The van der Waals surface area contributed by atoms with Crippen LogP contribution in [0.1, 0.15) is 2.85 Å². The fourth-order valence-corrected chi connectivity index (χ4v) is 0. The molecule has 0 fully saturated rings. The van der Waals surface area contributed by atoms with Gasteiger partial charge in [-0.2, -0.15) is 0 Å². The Labute approximate surface area is 158 Å². The van der Waals surface area contributed by atoms with Gasteiger partial charge in [-0.05, 0) is 0 Å². The zero-order chi connectivity index (χ0) is 0. The molecule has 8 heavy (non-hydrogen) atoms. The molecule has 0 atom stereocenters. The van der Waals surface area contributed by atoms with Gasteiger partial charge in [0.05, 0.1) is 0 Å². The summed E-state index contributed by atoms with van der Waals surface area (Å²) in [4.78, 5) is 0. The van der Waals surface area contributed by atoms with Crippen LogP contribution in [0.3, 0.4) is 0 Å². The second-order valence-electron chi connectivity index (χ2n) is 0. The Morgan fingerprint density at radius 1 is 0.500 bits per heavy atom. The average Bonchev–Trinajstić information content (AvgIpc) is 0. The molecule has 0 aliphatic rings. The number of hydrogen-bond donors (Lipinski definition) is 0. The summed E-state index contributed by atoms with van der Waals surface area (Å²) in [5.74, 6) is 0. The molecule has 0 rings (SSSR count). The van der Waals surface area contributed by atoms with Gasteiger partial charge in [-0.3, -0.25) is 0 Å². The Morgan fingerprint density at radius 2 is 0.500 bits per heavy atom.